The normalized spacial score (nSPS) is 11.1. The maximum Gasteiger partial charge on any atom is 0.269 e. The summed E-state index contributed by atoms with van der Waals surface area (Å²) in [5.41, 5.74) is 0.778. The Morgan fingerprint density at radius 1 is 1.36 bits per heavy atom. The van der Waals surface area contributed by atoms with Crippen LogP contribution in [0.1, 0.15) is 19.4 Å². The number of hydrogen-bond donors (Lipinski definition) is 0. The van der Waals surface area contributed by atoms with E-state index in [0.29, 0.717) is 25.6 Å². The van der Waals surface area contributed by atoms with Crippen LogP contribution in [0.3, 0.4) is 0 Å². The summed E-state index contributed by atoms with van der Waals surface area (Å²) >= 11 is 0. The number of benzene rings is 1. The quantitative estimate of drug-likeness (QED) is 0.420. The number of hydrogen-bond acceptors (Lipinski definition) is 4. The van der Waals surface area contributed by atoms with E-state index in [-0.39, 0.29) is 11.6 Å². The van der Waals surface area contributed by atoms with Gasteiger partial charge in [-0.3, -0.25) is 14.9 Å². The number of carbonyl (C=O) groups excluding carboxylic acids is 1. The highest BCUT2D eigenvalue weighted by atomic mass is 16.6. The molecule has 0 bridgehead atoms. The van der Waals surface area contributed by atoms with Gasteiger partial charge in [-0.15, -0.1) is 0 Å². The van der Waals surface area contributed by atoms with Gasteiger partial charge in [-0.2, -0.15) is 0 Å². The number of nitro groups is 1. The molecular weight excluding hydrogens is 284 g/mol. The number of carbonyl (C=O) groups is 1. The summed E-state index contributed by atoms with van der Waals surface area (Å²) in [6, 6.07) is 6.07. The van der Waals surface area contributed by atoms with Gasteiger partial charge in [-0.25, -0.2) is 0 Å². The van der Waals surface area contributed by atoms with E-state index in [4.69, 9.17) is 4.74 Å². The molecule has 0 heterocycles. The second kappa shape index (κ2) is 8.94. The van der Waals surface area contributed by atoms with E-state index in [1.54, 1.807) is 30.2 Å². The SMILES string of the molecule is COCCN(CC(C)C)C(=O)/C=C/c1ccc([N+](=O)[O-])cc1. The summed E-state index contributed by atoms with van der Waals surface area (Å²) in [7, 11) is 1.60. The summed E-state index contributed by atoms with van der Waals surface area (Å²) in [6.45, 7) is 5.79. The third-order valence-corrected chi connectivity index (χ3v) is 2.98. The Morgan fingerprint density at radius 2 is 2.00 bits per heavy atom. The first-order valence-electron chi connectivity index (χ1n) is 7.14. The molecule has 0 aromatic heterocycles. The fourth-order valence-electron chi connectivity index (χ4n) is 1.91. The van der Waals surface area contributed by atoms with Gasteiger partial charge in [-0.05, 0) is 29.7 Å². The summed E-state index contributed by atoms with van der Waals surface area (Å²) in [4.78, 5) is 24.1. The zero-order valence-electron chi connectivity index (χ0n) is 13.2. The van der Waals surface area contributed by atoms with Crippen LogP contribution in [0.15, 0.2) is 30.3 Å². The van der Waals surface area contributed by atoms with E-state index in [9.17, 15) is 14.9 Å². The largest absolute Gasteiger partial charge is 0.383 e. The maximum atomic E-state index is 12.2. The van der Waals surface area contributed by atoms with E-state index in [1.165, 1.54) is 18.2 Å². The van der Waals surface area contributed by atoms with Crippen molar-refractivity contribution in [3.05, 3.63) is 46.0 Å². The molecule has 0 aliphatic heterocycles. The third-order valence-electron chi connectivity index (χ3n) is 2.98. The first-order chi connectivity index (χ1) is 10.4. The van der Waals surface area contributed by atoms with Crippen LogP contribution in [0, 0.1) is 16.0 Å². The number of nitrogens with zero attached hydrogens (tertiary/aromatic N) is 2. The summed E-state index contributed by atoms with van der Waals surface area (Å²) < 4.78 is 5.02. The lowest BCUT2D eigenvalue weighted by molar-refractivity contribution is -0.384. The van der Waals surface area contributed by atoms with Gasteiger partial charge in [0.1, 0.15) is 0 Å². The molecule has 1 aromatic carbocycles. The second-order valence-electron chi connectivity index (χ2n) is 5.35. The lowest BCUT2D eigenvalue weighted by Crippen LogP contribution is -2.35. The molecule has 1 amide bonds. The van der Waals surface area contributed by atoms with Crippen molar-refractivity contribution in [1.82, 2.24) is 4.90 Å². The van der Waals surface area contributed by atoms with Crippen molar-refractivity contribution in [2.75, 3.05) is 26.8 Å². The van der Waals surface area contributed by atoms with Crippen molar-refractivity contribution in [2.24, 2.45) is 5.92 Å². The van der Waals surface area contributed by atoms with Gasteiger partial charge in [-0.1, -0.05) is 13.8 Å². The Morgan fingerprint density at radius 3 is 2.50 bits per heavy atom. The van der Waals surface area contributed by atoms with Crippen molar-refractivity contribution in [2.45, 2.75) is 13.8 Å². The van der Waals surface area contributed by atoms with E-state index >= 15 is 0 Å². The molecule has 6 nitrogen and oxygen atoms in total. The zero-order chi connectivity index (χ0) is 16.5. The van der Waals surface area contributed by atoms with Crippen LogP contribution in [0.5, 0.6) is 0 Å². The Balaban J connectivity index is 2.71. The van der Waals surface area contributed by atoms with Crippen LogP contribution in [-0.2, 0) is 9.53 Å². The molecule has 0 atom stereocenters. The van der Waals surface area contributed by atoms with Gasteiger partial charge in [0.15, 0.2) is 0 Å². The van der Waals surface area contributed by atoms with Crippen molar-refractivity contribution < 1.29 is 14.5 Å². The molecule has 0 spiro atoms. The van der Waals surface area contributed by atoms with Gasteiger partial charge in [0.05, 0.1) is 11.5 Å². The number of amides is 1. The van der Waals surface area contributed by atoms with Gasteiger partial charge < -0.3 is 9.64 Å². The van der Waals surface area contributed by atoms with Crippen LogP contribution in [0.25, 0.3) is 6.08 Å². The number of ether oxygens (including phenoxy) is 1. The van der Waals surface area contributed by atoms with Crippen molar-refractivity contribution in [1.29, 1.82) is 0 Å². The van der Waals surface area contributed by atoms with Crippen molar-refractivity contribution >= 4 is 17.7 Å². The Hall–Kier alpha value is -2.21. The Kier molecular flexibility index (Phi) is 7.25. The molecule has 22 heavy (non-hydrogen) atoms. The van der Waals surface area contributed by atoms with Gasteiger partial charge in [0, 0.05) is 38.4 Å². The monoisotopic (exact) mass is 306 g/mol. The van der Waals surface area contributed by atoms with Crippen LogP contribution in [0.2, 0.25) is 0 Å². The van der Waals surface area contributed by atoms with E-state index in [0.717, 1.165) is 5.56 Å². The average Bonchev–Trinajstić information content (AvgIpc) is 2.49. The van der Waals surface area contributed by atoms with Crippen LogP contribution < -0.4 is 0 Å². The Bertz CT molecular complexity index is 523. The van der Waals surface area contributed by atoms with Crippen LogP contribution in [0.4, 0.5) is 5.69 Å². The van der Waals surface area contributed by atoms with E-state index in [1.807, 2.05) is 13.8 Å². The molecular formula is C16H22N2O4. The van der Waals surface area contributed by atoms with E-state index < -0.39 is 4.92 Å². The molecule has 1 rings (SSSR count). The average molecular weight is 306 g/mol. The van der Waals surface area contributed by atoms with Gasteiger partial charge in [0.2, 0.25) is 5.91 Å². The lowest BCUT2D eigenvalue weighted by atomic mass is 10.1. The first-order valence-corrected chi connectivity index (χ1v) is 7.14. The standard InChI is InChI=1S/C16H22N2O4/c1-13(2)12-17(10-11-22-3)16(19)9-6-14-4-7-15(8-5-14)18(20)21/h4-9,13H,10-12H2,1-3H3/b9-6+. The van der Waals surface area contributed by atoms with Crippen LogP contribution >= 0.6 is 0 Å². The molecule has 1 aromatic rings. The number of rotatable bonds is 8. The van der Waals surface area contributed by atoms with Gasteiger partial charge >= 0.3 is 0 Å². The zero-order valence-corrected chi connectivity index (χ0v) is 13.2. The van der Waals surface area contributed by atoms with Crippen molar-refractivity contribution in [3.63, 3.8) is 0 Å². The smallest absolute Gasteiger partial charge is 0.269 e. The first kappa shape index (κ1) is 17.8. The topological polar surface area (TPSA) is 72.7 Å². The molecule has 0 fully saturated rings. The minimum absolute atomic E-state index is 0.0324. The molecule has 6 heteroatoms. The Labute approximate surface area is 130 Å². The second-order valence-corrected chi connectivity index (χ2v) is 5.35. The molecule has 0 aliphatic carbocycles. The molecule has 0 saturated carbocycles. The maximum absolute atomic E-state index is 12.2. The number of methoxy groups -OCH3 is 1. The highest BCUT2D eigenvalue weighted by molar-refractivity contribution is 5.91. The predicted octanol–water partition coefficient (Wildman–Crippen LogP) is 2.74. The molecule has 0 N–H and O–H groups in total. The number of non-ortho nitro benzene ring substituents is 1. The predicted molar refractivity (Wildman–Crippen MR) is 85.4 cm³/mol. The van der Waals surface area contributed by atoms with Crippen LogP contribution in [-0.4, -0.2) is 42.5 Å². The fourth-order valence-corrected chi connectivity index (χ4v) is 1.91. The fraction of sp³-hybridized carbons (Fsp3) is 0.438. The highest BCUT2D eigenvalue weighted by Crippen LogP contribution is 2.13. The molecule has 120 valence electrons. The molecule has 0 radical (unpaired) electrons. The van der Waals surface area contributed by atoms with Gasteiger partial charge in [0.25, 0.3) is 5.69 Å². The summed E-state index contributed by atoms with van der Waals surface area (Å²) in [5, 5.41) is 10.6. The molecule has 0 saturated heterocycles. The highest BCUT2D eigenvalue weighted by Gasteiger charge is 2.12. The minimum atomic E-state index is -0.451. The third kappa shape index (κ3) is 6.05. The molecule has 0 aliphatic rings. The molecule has 0 unspecified atom stereocenters. The minimum Gasteiger partial charge on any atom is -0.383 e. The lowest BCUT2D eigenvalue weighted by Gasteiger charge is -2.22. The van der Waals surface area contributed by atoms with Crippen molar-refractivity contribution in [3.8, 4) is 0 Å². The summed E-state index contributed by atoms with van der Waals surface area (Å²) in [6.07, 6.45) is 3.14. The summed E-state index contributed by atoms with van der Waals surface area (Å²) in [5.74, 6) is 0.276. The number of nitro benzene ring substituents is 1. The van der Waals surface area contributed by atoms with E-state index in [2.05, 4.69) is 0 Å².